The minimum Gasteiger partial charge on any atom is -0.497 e. The number of alkyl halides is 3. The molecule has 0 aliphatic rings. The van der Waals surface area contributed by atoms with Crippen LogP contribution in [0.15, 0.2) is 59.3 Å². The summed E-state index contributed by atoms with van der Waals surface area (Å²) >= 11 is 6.36. The molecule has 2 N–H and O–H groups in total. The molecule has 4 aromatic heterocycles. The third-order valence-electron chi connectivity index (χ3n) is 5.70. The number of methoxy groups -OCH3 is 1. The number of hydrogen-bond acceptors (Lipinski definition) is 7. The normalized spacial score (nSPS) is 11.6. The minimum absolute atomic E-state index is 0.0151. The number of amides is 2. The Morgan fingerprint density at radius 1 is 1.10 bits per heavy atom. The lowest BCUT2D eigenvalue weighted by molar-refractivity contribution is -0.142. The Hall–Kier alpha value is -4.85. The summed E-state index contributed by atoms with van der Waals surface area (Å²) in [5, 5.41) is 12.5. The van der Waals surface area contributed by atoms with Crippen LogP contribution in [0.2, 0.25) is 5.02 Å². The van der Waals surface area contributed by atoms with E-state index in [-0.39, 0.29) is 29.3 Å². The molecule has 40 heavy (non-hydrogen) atoms. The molecule has 0 atom stereocenters. The minimum atomic E-state index is -4.86. The smallest absolute Gasteiger partial charge is 0.433 e. The second kappa shape index (κ2) is 10.4. The van der Waals surface area contributed by atoms with E-state index < -0.39 is 34.4 Å². The lowest BCUT2D eigenvalue weighted by atomic mass is 10.1. The van der Waals surface area contributed by atoms with Crippen LogP contribution in [0.3, 0.4) is 0 Å². The average Bonchev–Trinajstić information content (AvgIpc) is 3.65. The number of benzene rings is 1. The maximum atomic E-state index is 14.0. The first kappa shape index (κ1) is 26.7. The fraction of sp³-hybridized carbons (Fsp3) is 0.160. The first-order chi connectivity index (χ1) is 19.0. The number of anilines is 1. The maximum Gasteiger partial charge on any atom is 0.433 e. The SMILES string of the molecule is COc1cccc(-c2cc(C(F)(F)F)n3nc(C(=O)Nc4cn(C)nc4C(=O)NCc4ccco4)c(Cl)c3n2)c1. The van der Waals surface area contributed by atoms with Crippen molar-refractivity contribution in [2.75, 3.05) is 12.4 Å². The molecule has 11 nitrogen and oxygen atoms in total. The van der Waals surface area contributed by atoms with E-state index in [0.717, 1.165) is 6.07 Å². The van der Waals surface area contributed by atoms with Gasteiger partial charge in [0.1, 0.15) is 16.5 Å². The Bertz CT molecular complexity index is 1730. The zero-order valence-corrected chi connectivity index (χ0v) is 21.5. The number of nitrogens with zero attached hydrogens (tertiary/aromatic N) is 5. The van der Waals surface area contributed by atoms with Crippen molar-refractivity contribution in [3.05, 3.63) is 82.8 Å². The standard InChI is InChI=1S/C25H19ClF3N7O4/c1-35-12-17(20(33-35)23(37)30-11-15-7-4-8-40-15)32-24(38)21-19(26)22-31-16(13-5-3-6-14(9-13)39-2)10-18(25(27,28)29)36(22)34-21/h3-10,12H,11H2,1-2H3,(H,30,37)(H,32,38). The molecule has 0 aliphatic heterocycles. The van der Waals surface area contributed by atoms with Crippen LogP contribution in [0.1, 0.15) is 32.4 Å². The summed E-state index contributed by atoms with van der Waals surface area (Å²) < 4.78 is 54.2. The Morgan fingerprint density at radius 3 is 2.60 bits per heavy atom. The van der Waals surface area contributed by atoms with Gasteiger partial charge in [-0.3, -0.25) is 14.3 Å². The van der Waals surface area contributed by atoms with Gasteiger partial charge in [0.2, 0.25) is 0 Å². The number of ether oxygens (including phenoxy) is 1. The highest BCUT2D eigenvalue weighted by molar-refractivity contribution is 6.37. The van der Waals surface area contributed by atoms with Gasteiger partial charge in [0.25, 0.3) is 11.8 Å². The van der Waals surface area contributed by atoms with Gasteiger partial charge in [-0.2, -0.15) is 23.4 Å². The van der Waals surface area contributed by atoms with Crippen LogP contribution >= 0.6 is 11.6 Å². The summed E-state index contributed by atoms with van der Waals surface area (Å²) in [6.45, 7) is 0.0650. The van der Waals surface area contributed by atoms with Crippen molar-refractivity contribution in [2.24, 2.45) is 7.05 Å². The van der Waals surface area contributed by atoms with E-state index in [1.165, 1.54) is 37.4 Å². The largest absolute Gasteiger partial charge is 0.497 e. The van der Waals surface area contributed by atoms with Crippen molar-refractivity contribution in [2.45, 2.75) is 12.7 Å². The Kier molecular flexibility index (Phi) is 6.94. The van der Waals surface area contributed by atoms with E-state index in [1.807, 2.05) is 0 Å². The van der Waals surface area contributed by atoms with Crippen LogP contribution in [0.4, 0.5) is 18.9 Å². The molecule has 0 saturated heterocycles. The second-order valence-electron chi connectivity index (χ2n) is 8.44. The number of furan rings is 1. The molecule has 2 amide bonds. The molecule has 4 heterocycles. The van der Waals surface area contributed by atoms with E-state index >= 15 is 0 Å². The topological polar surface area (TPSA) is 129 Å². The van der Waals surface area contributed by atoms with Crippen molar-refractivity contribution >= 4 is 34.7 Å². The molecule has 0 bridgehead atoms. The van der Waals surface area contributed by atoms with Crippen molar-refractivity contribution < 1.29 is 31.9 Å². The van der Waals surface area contributed by atoms with Crippen LogP contribution in [-0.2, 0) is 19.8 Å². The summed E-state index contributed by atoms with van der Waals surface area (Å²) in [6, 6.07) is 10.4. The molecule has 0 fully saturated rings. The number of carbonyl (C=O) groups is 2. The first-order valence-electron chi connectivity index (χ1n) is 11.5. The fourth-order valence-electron chi connectivity index (χ4n) is 3.86. The quantitative estimate of drug-likeness (QED) is 0.291. The molecule has 0 aliphatic carbocycles. The van der Waals surface area contributed by atoms with Crippen LogP contribution in [0, 0.1) is 0 Å². The predicted octanol–water partition coefficient (Wildman–Crippen LogP) is 4.59. The summed E-state index contributed by atoms with van der Waals surface area (Å²) in [4.78, 5) is 30.1. The van der Waals surface area contributed by atoms with E-state index in [9.17, 15) is 22.8 Å². The number of fused-ring (bicyclic) bond motifs is 1. The van der Waals surface area contributed by atoms with E-state index in [0.29, 0.717) is 21.6 Å². The number of halogens is 4. The maximum absolute atomic E-state index is 14.0. The highest BCUT2D eigenvalue weighted by Crippen LogP contribution is 2.35. The summed E-state index contributed by atoms with van der Waals surface area (Å²) in [6.07, 6.45) is -2.06. The molecule has 5 rings (SSSR count). The number of hydrogen-bond donors (Lipinski definition) is 2. The van der Waals surface area contributed by atoms with Crippen LogP contribution in [0.25, 0.3) is 16.9 Å². The van der Waals surface area contributed by atoms with Crippen molar-refractivity contribution in [3.63, 3.8) is 0 Å². The molecule has 0 radical (unpaired) electrons. The zero-order chi connectivity index (χ0) is 28.6. The van der Waals surface area contributed by atoms with E-state index in [2.05, 4.69) is 25.8 Å². The third kappa shape index (κ3) is 5.20. The number of aryl methyl sites for hydroxylation is 1. The van der Waals surface area contributed by atoms with Crippen LogP contribution in [-0.4, -0.2) is 43.3 Å². The Morgan fingerprint density at radius 2 is 1.90 bits per heavy atom. The molecular formula is C25H19ClF3N7O4. The van der Waals surface area contributed by atoms with Crippen molar-refractivity contribution in [1.29, 1.82) is 0 Å². The van der Waals surface area contributed by atoms with Gasteiger partial charge in [-0.05, 0) is 30.3 Å². The summed E-state index contributed by atoms with van der Waals surface area (Å²) in [5.41, 5.74) is -2.01. The van der Waals surface area contributed by atoms with Crippen molar-refractivity contribution in [3.8, 4) is 17.0 Å². The summed E-state index contributed by atoms with van der Waals surface area (Å²) in [5.74, 6) is -0.697. The molecule has 1 aromatic carbocycles. The molecular weight excluding hydrogens is 555 g/mol. The number of aromatic nitrogens is 5. The van der Waals surface area contributed by atoms with Gasteiger partial charge >= 0.3 is 6.18 Å². The first-order valence-corrected chi connectivity index (χ1v) is 11.9. The van der Waals surface area contributed by atoms with Gasteiger partial charge in [-0.25, -0.2) is 9.50 Å². The highest BCUT2D eigenvalue weighted by atomic mass is 35.5. The van der Waals surface area contributed by atoms with Gasteiger partial charge in [-0.15, -0.1) is 0 Å². The third-order valence-corrected chi connectivity index (χ3v) is 6.05. The van der Waals surface area contributed by atoms with E-state index in [4.69, 9.17) is 20.8 Å². The zero-order valence-electron chi connectivity index (χ0n) is 20.8. The highest BCUT2D eigenvalue weighted by Gasteiger charge is 2.37. The lowest BCUT2D eigenvalue weighted by Gasteiger charge is -2.11. The molecule has 0 spiro atoms. The lowest BCUT2D eigenvalue weighted by Crippen LogP contribution is -2.25. The Labute approximate surface area is 228 Å². The van der Waals surface area contributed by atoms with E-state index in [1.54, 1.807) is 30.3 Å². The number of rotatable bonds is 7. The van der Waals surface area contributed by atoms with Gasteiger partial charge < -0.3 is 19.8 Å². The molecule has 206 valence electrons. The molecule has 15 heteroatoms. The average molecular weight is 574 g/mol. The molecule has 0 unspecified atom stereocenters. The monoisotopic (exact) mass is 573 g/mol. The van der Waals surface area contributed by atoms with Gasteiger partial charge in [0, 0.05) is 18.8 Å². The molecule has 5 aromatic rings. The number of carbonyl (C=O) groups excluding carboxylic acids is 2. The molecule has 0 saturated carbocycles. The Balaban J connectivity index is 1.50. The van der Waals surface area contributed by atoms with Gasteiger partial charge in [-0.1, -0.05) is 23.7 Å². The van der Waals surface area contributed by atoms with Gasteiger partial charge in [0.05, 0.1) is 31.3 Å². The fourth-order valence-corrected chi connectivity index (χ4v) is 4.11. The number of nitrogens with one attached hydrogen (secondary N) is 2. The van der Waals surface area contributed by atoms with Crippen molar-refractivity contribution in [1.82, 2.24) is 29.7 Å². The predicted molar refractivity (Wildman–Crippen MR) is 136 cm³/mol. The van der Waals surface area contributed by atoms with Crippen LogP contribution < -0.4 is 15.4 Å². The second-order valence-corrected chi connectivity index (χ2v) is 8.81. The van der Waals surface area contributed by atoms with Crippen LogP contribution in [0.5, 0.6) is 5.75 Å². The van der Waals surface area contributed by atoms with Gasteiger partial charge in [0.15, 0.2) is 22.7 Å². The summed E-state index contributed by atoms with van der Waals surface area (Å²) in [7, 11) is 2.95.